The molecule has 0 atom stereocenters. The van der Waals surface area contributed by atoms with Gasteiger partial charge >= 0.3 is 0 Å². The summed E-state index contributed by atoms with van der Waals surface area (Å²) in [5.74, 6) is -0.0891. The number of rotatable bonds is 6. The quantitative estimate of drug-likeness (QED) is 0.690. The molecule has 2 heterocycles. The number of methoxy groups -OCH3 is 1. The standard InChI is InChI=1S/C17H18N4O4S/c1-3-26(23,24)20-13-8-7-12(10-15(13)25-2)19-17(22)14-11-18-16-6-4-5-9-21(14)16/h4-11,20H,3H2,1-2H3,(H,19,22). The summed E-state index contributed by atoms with van der Waals surface area (Å²) in [4.78, 5) is 16.7. The second kappa shape index (κ2) is 7.04. The Morgan fingerprint density at radius 1 is 1.27 bits per heavy atom. The number of sulfonamides is 1. The highest BCUT2D eigenvalue weighted by Gasteiger charge is 2.15. The molecule has 136 valence electrons. The molecule has 0 spiro atoms. The van der Waals surface area contributed by atoms with Crippen molar-refractivity contribution < 1.29 is 17.9 Å². The van der Waals surface area contributed by atoms with Crippen LogP contribution in [0.1, 0.15) is 17.4 Å². The molecule has 26 heavy (non-hydrogen) atoms. The number of hydrogen-bond acceptors (Lipinski definition) is 5. The second-order valence-electron chi connectivity index (χ2n) is 5.45. The number of hydrogen-bond donors (Lipinski definition) is 2. The fourth-order valence-corrected chi connectivity index (χ4v) is 3.04. The van der Waals surface area contributed by atoms with E-state index in [1.165, 1.54) is 19.4 Å². The van der Waals surface area contributed by atoms with Crippen molar-refractivity contribution in [1.29, 1.82) is 0 Å². The summed E-state index contributed by atoms with van der Waals surface area (Å²) in [7, 11) is -2.00. The third-order valence-electron chi connectivity index (χ3n) is 3.75. The molecular formula is C17H18N4O4S. The van der Waals surface area contributed by atoms with Gasteiger partial charge in [0.15, 0.2) is 0 Å². The molecule has 0 fully saturated rings. The Bertz CT molecular complexity index is 1060. The number of pyridine rings is 1. The van der Waals surface area contributed by atoms with Gasteiger partial charge in [0.2, 0.25) is 10.0 Å². The average Bonchev–Trinajstić information content (AvgIpc) is 3.07. The molecule has 0 radical (unpaired) electrons. The van der Waals surface area contributed by atoms with Crippen LogP contribution >= 0.6 is 0 Å². The molecule has 0 saturated heterocycles. The van der Waals surface area contributed by atoms with Crippen molar-refractivity contribution >= 4 is 33.0 Å². The number of carbonyl (C=O) groups excluding carboxylic acids is 1. The van der Waals surface area contributed by atoms with Gasteiger partial charge in [0, 0.05) is 18.0 Å². The van der Waals surface area contributed by atoms with Gasteiger partial charge in [-0.3, -0.25) is 13.9 Å². The summed E-state index contributed by atoms with van der Waals surface area (Å²) in [6, 6.07) is 10.1. The molecule has 3 aromatic rings. The van der Waals surface area contributed by atoms with Crippen molar-refractivity contribution in [3.05, 3.63) is 54.5 Å². The molecule has 2 aromatic heterocycles. The minimum atomic E-state index is -3.43. The van der Waals surface area contributed by atoms with Crippen molar-refractivity contribution in [2.75, 3.05) is 22.9 Å². The van der Waals surface area contributed by atoms with E-state index in [1.807, 2.05) is 12.1 Å². The Morgan fingerprint density at radius 3 is 2.81 bits per heavy atom. The van der Waals surface area contributed by atoms with Crippen molar-refractivity contribution in [2.45, 2.75) is 6.92 Å². The maximum absolute atomic E-state index is 12.5. The van der Waals surface area contributed by atoms with E-state index in [1.54, 1.807) is 35.7 Å². The van der Waals surface area contributed by atoms with Gasteiger partial charge in [0.25, 0.3) is 5.91 Å². The van der Waals surface area contributed by atoms with Crippen LogP contribution in [0.25, 0.3) is 5.65 Å². The Morgan fingerprint density at radius 2 is 2.08 bits per heavy atom. The SMILES string of the molecule is CCS(=O)(=O)Nc1ccc(NC(=O)c2cnc3ccccn23)cc1OC. The molecule has 8 nitrogen and oxygen atoms in total. The van der Waals surface area contributed by atoms with E-state index in [2.05, 4.69) is 15.0 Å². The topological polar surface area (TPSA) is 102 Å². The maximum atomic E-state index is 12.5. The van der Waals surface area contributed by atoms with E-state index in [-0.39, 0.29) is 11.7 Å². The van der Waals surface area contributed by atoms with Gasteiger partial charge in [-0.2, -0.15) is 0 Å². The number of nitrogens with zero attached hydrogens (tertiary/aromatic N) is 2. The number of nitrogens with one attached hydrogen (secondary N) is 2. The zero-order chi connectivity index (χ0) is 18.7. The van der Waals surface area contributed by atoms with Crippen LogP contribution in [0.3, 0.4) is 0 Å². The average molecular weight is 374 g/mol. The van der Waals surface area contributed by atoms with Gasteiger partial charge in [-0.25, -0.2) is 13.4 Å². The van der Waals surface area contributed by atoms with E-state index in [9.17, 15) is 13.2 Å². The van der Waals surface area contributed by atoms with Crippen LogP contribution in [-0.4, -0.2) is 36.6 Å². The van der Waals surface area contributed by atoms with Crippen LogP contribution in [0.5, 0.6) is 5.75 Å². The molecule has 9 heteroatoms. The minimum absolute atomic E-state index is 0.0527. The number of amides is 1. The number of carbonyl (C=O) groups is 1. The van der Waals surface area contributed by atoms with Gasteiger partial charge in [-0.15, -0.1) is 0 Å². The van der Waals surface area contributed by atoms with E-state index in [0.29, 0.717) is 28.5 Å². The van der Waals surface area contributed by atoms with Crippen LogP contribution in [0.2, 0.25) is 0 Å². The first-order chi connectivity index (χ1) is 12.4. The van der Waals surface area contributed by atoms with Gasteiger partial charge in [-0.05, 0) is 31.2 Å². The van der Waals surface area contributed by atoms with Crippen LogP contribution < -0.4 is 14.8 Å². The number of benzene rings is 1. The molecular weight excluding hydrogens is 356 g/mol. The molecule has 0 aliphatic carbocycles. The zero-order valence-electron chi connectivity index (χ0n) is 14.3. The van der Waals surface area contributed by atoms with Crippen LogP contribution in [-0.2, 0) is 10.0 Å². The first-order valence-electron chi connectivity index (χ1n) is 7.85. The summed E-state index contributed by atoms with van der Waals surface area (Å²) < 4.78 is 32.8. The van der Waals surface area contributed by atoms with Crippen LogP contribution in [0.15, 0.2) is 48.8 Å². The van der Waals surface area contributed by atoms with Gasteiger partial charge < -0.3 is 10.1 Å². The van der Waals surface area contributed by atoms with E-state index >= 15 is 0 Å². The lowest BCUT2D eigenvalue weighted by Crippen LogP contribution is -2.16. The molecule has 1 amide bonds. The van der Waals surface area contributed by atoms with E-state index in [4.69, 9.17) is 4.74 Å². The fourth-order valence-electron chi connectivity index (χ4n) is 2.39. The third-order valence-corrected chi connectivity index (χ3v) is 5.05. The minimum Gasteiger partial charge on any atom is -0.494 e. The van der Waals surface area contributed by atoms with Gasteiger partial charge in [-0.1, -0.05) is 6.07 Å². The Kier molecular flexibility index (Phi) is 4.81. The van der Waals surface area contributed by atoms with E-state index in [0.717, 1.165) is 0 Å². The van der Waals surface area contributed by atoms with Gasteiger partial charge in [0.05, 0.1) is 24.7 Å². The van der Waals surface area contributed by atoms with Crippen LogP contribution in [0.4, 0.5) is 11.4 Å². The summed E-state index contributed by atoms with van der Waals surface area (Å²) in [5, 5.41) is 2.76. The Labute approximate surface area is 150 Å². The summed E-state index contributed by atoms with van der Waals surface area (Å²) in [5.41, 5.74) is 1.83. The van der Waals surface area contributed by atoms with Crippen molar-refractivity contribution in [3.63, 3.8) is 0 Å². The van der Waals surface area contributed by atoms with Crippen molar-refractivity contribution in [3.8, 4) is 5.75 Å². The second-order valence-corrected chi connectivity index (χ2v) is 7.46. The predicted octanol–water partition coefficient (Wildman–Crippen LogP) is 2.36. The third kappa shape index (κ3) is 3.62. The smallest absolute Gasteiger partial charge is 0.274 e. The Balaban J connectivity index is 1.85. The largest absolute Gasteiger partial charge is 0.494 e. The first kappa shape index (κ1) is 17.7. The summed E-state index contributed by atoms with van der Waals surface area (Å²) >= 11 is 0. The molecule has 1 aromatic carbocycles. The lowest BCUT2D eigenvalue weighted by atomic mass is 10.2. The van der Waals surface area contributed by atoms with Crippen molar-refractivity contribution in [2.24, 2.45) is 0 Å². The number of imidazole rings is 1. The highest BCUT2D eigenvalue weighted by Crippen LogP contribution is 2.29. The monoisotopic (exact) mass is 374 g/mol. The Hall–Kier alpha value is -3.07. The fraction of sp³-hybridized carbons (Fsp3) is 0.176. The van der Waals surface area contributed by atoms with E-state index < -0.39 is 10.0 Å². The molecule has 0 aliphatic rings. The first-order valence-corrected chi connectivity index (χ1v) is 9.50. The number of ether oxygens (including phenoxy) is 1. The molecule has 0 bridgehead atoms. The summed E-state index contributed by atoms with van der Waals surface area (Å²) in [6.45, 7) is 1.54. The lowest BCUT2D eigenvalue weighted by molar-refractivity contribution is 0.102. The normalized spacial score (nSPS) is 11.3. The number of fused-ring (bicyclic) bond motifs is 1. The number of anilines is 2. The van der Waals surface area contributed by atoms with Crippen LogP contribution in [0, 0.1) is 0 Å². The molecule has 3 rings (SSSR count). The summed E-state index contributed by atoms with van der Waals surface area (Å²) in [6.07, 6.45) is 3.24. The maximum Gasteiger partial charge on any atom is 0.274 e. The lowest BCUT2D eigenvalue weighted by Gasteiger charge is -2.13. The molecule has 2 N–H and O–H groups in total. The van der Waals surface area contributed by atoms with Gasteiger partial charge in [0.1, 0.15) is 17.1 Å². The highest BCUT2D eigenvalue weighted by molar-refractivity contribution is 7.92. The predicted molar refractivity (Wildman–Crippen MR) is 99.2 cm³/mol. The molecule has 0 saturated carbocycles. The van der Waals surface area contributed by atoms with Crippen molar-refractivity contribution in [1.82, 2.24) is 9.38 Å². The molecule has 0 unspecified atom stereocenters. The zero-order valence-corrected chi connectivity index (χ0v) is 15.1. The number of aromatic nitrogens is 2. The molecule has 0 aliphatic heterocycles. The highest BCUT2D eigenvalue weighted by atomic mass is 32.2.